The molecule has 0 unspecified atom stereocenters. The summed E-state index contributed by atoms with van der Waals surface area (Å²) in [5.41, 5.74) is 5.06. The minimum atomic E-state index is -1.01. The topological polar surface area (TPSA) is 59.0 Å². The molecule has 34 heavy (non-hydrogen) atoms. The van der Waals surface area contributed by atoms with Gasteiger partial charge in [-0.1, -0.05) is 54.3 Å². The quantitative estimate of drug-likeness (QED) is 0.466. The van der Waals surface area contributed by atoms with Crippen molar-refractivity contribution in [1.29, 1.82) is 0 Å². The smallest absolute Gasteiger partial charge is 0.341 e. The highest BCUT2D eigenvalue weighted by molar-refractivity contribution is 5.80. The Labute approximate surface area is 201 Å². The normalized spacial score (nSPS) is 11.0. The predicted molar refractivity (Wildman–Crippen MR) is 135 cm³/mol. The van der Waals surface area contributed by atoms with Crippen molar-refractivity contribution >= 4 is 11.5 Å². The number of carboxylic acids is 1. The van der Waals surface area contributed by atoms with Gasteiger partial charge in [0.25, 0.3) is 0 Å². The average Bonchev–Trinajstić information content (AvgIpc) is 2.82. The summed E-state index contributed by atoms with van der Waals surface area (Å²) in [4.78, 5) is 12.8. The van der Waals surface area contributed by atoms with Crippen LogP contribution in [0.25, 0.3) is 5.57 Å². The van der Waals surface area contributed by atoms with Crippen LogP contribution in [0, 0.1) is 18.8 Å². The zero-order chi connectivity index (χ0) is 24.3. The van der Waals surface area contributed by atoms with Crippen molar-refractivity contribution in [1.82, 2.24) is 4.90 Å². The molecule has 5 nitrogen and oxygen atoms in total. The highest BCUT2D eigenvalue weighted by Crippen LogP contribution is 2.26. The number of nitrogens with zero attached hydrogens (tertiary/aromatic N) is 1. The molecule has 5 heteroatoms. The lowest BCUT2D eigenvalue weighted by Crippen LogP contribution is -2.10. The summed E-state index contributed by atoms with van der Waals surface area (Å²) < 4.78 is 11.2. The molecule has 0 fully saturated rings. The molecule has 0 aliphatic carbocycles. The number of hydrogen-bond acceptors (Lipinski definition) is 4. The number of ether oxygens (including phenoxy) is 2. The third kappa shape index (κ3) is 7.54. The number of aliphatic carboxylic acids is 1. The fraction of sp³-hybridized carbons (Fsp3) is 0.207. The van der Waals surface area contributed by atoms with Gasteiger partial charge in [-0.15, -0.1) is 0 Å². The SMILES string of the molecule is Cc1cc(OCC=C(c2ccccc2)c2ccc(C#CCN(C)C)cc2)ccc1OCC(=O)O. The second-order valence-corrected chi connectivity index (χ2v) is 8.02. The molecule has 1 N–H and O–H groups in total. The molecule has 0 radical (unpaired) electrons. The summed E-state index contributed by atoms with van der Waals surface area (Å²) in [5, 5.41) is 8.79. The minimum Gasteiger partial charge on any atom is -0.489 e. The van der Waals surface area contributed by atoms with Crippen molar-refractivity contribution in [2.45, 2.75) is 6.92 Å². The van der Waals surface area contributed by atoms with E-state index in [1.165, 1.54) is 0 Å². The van der Waals surface area contributed by atoms with Gasteiger partial charge in [-0.2, -0.15) is 0 Å². The number of aryl methyl sites for hydroxylation is 1. The van der Waals surface area contributed by atoms with Crippen LogP contribution in [0.5, 0.6) is 11.5 Å². The van der Waals surface area contributed by atoms with Gasteiger partial charge in [-0.05, 0) is 79.7 Å². The summed E-state index contributed by atoms with van der Waals surface area (Å²) in [6.07, 6.45) is 2.06. The van der Waals surface area contributed by atoms with Crippen molar-refractivity contribution in [2.75, 3.05) is 33.9 Å². The molecule has 0 aliphatic heterocycles. The van der Waals surface area contributed by atoms with Gasteiger partial charge in [-0.25, -0.2) is 4.79 Å². The Hall–Kier alpha value is -4.01. The van der Waals surface area contributed by atoms with Crippen molar-refractivity contribution in [3.05, 3.63) is 101 Å². The summed E-state index contributed by atoms with van der Waals surface area (Å²) in [6.45, 7) is 2.59. The predicted octanol–water partition coefficient (Wildman–Crippen LogP) is 4.88. The second-order valence-electron chi connectivity index (χ2n) is 8.02. The van der Waals surface area contributed by atoms with Gasteiger partial charge in [0.2, 0.25) is 0 Å². The van der Waals surface area contributed by atoms with Gasteiger partial charge in [0.1, 0.15) is 18.1 Å². The first kappa shape index (κ1) is 24.6. The van der Waals surface area contributed by atoms with Crippen LogP contribution in [-0.4, -0.2) is 49.8 Å². The molecule has 0 saturated heterocycles. The fourth-order valence-corrected chi connectivity index (χ4v) is 3.29. The first-order chi connectivity index (χ1) is 16.4. The van der Waals surface area contributed by atoms with Gasteiger partial charge in [0, 0.05) is 5.56 Å². The van der Waals surface area contributed by atoms with E-state index >= 15 is 0 Å². The first-order valence-electron chi connectivity index (χ1n) is 11.0. The highest BCUT2D eigenvalue weighted by atomic mass is 16.5. The Balaban J connectivity index is 1.75. The lowest BCUT2D eigenvalue weighted by molar-refractivity contribution is -0.139. The molecule has 0 amide bonds. The van der Waals surface area contributed by atoms with E-state index in [0.717, 1.165) is 34.4 Å². The molecule has 0 spiro atoms. The van der Waals surface area contributed by atoms with Gasteiger partial charge >= 0.3 is 5.97 Å². The standard InChI is InChI=1S/C29H29NO4/c1-22-20-26(15-16-28(22)34-21-29(31)32)33-19-17-27(24-9-5-4-6-10-24)25-13-11-23(12-14-25)8-7-18-30(2)3/h4-6,9-17,20H,18-19,21H2,1-3H3,(H,31,32). The van der Waals surface area contributed by atoms with Crippen LogP contribution in [0.1, 0.15) is 22.3 Å². The van der Waals surface area contributed by atoms with E-state index in [1.807, 2.05) is 62.3 Å². The molecule has 0 saturated carbocycles. The van der Waals surface area contributed by atoms with E-state index in [2.05, 4.69) is 42.2 Å². The van der Waals surface area contributed by atoms with Gasteiger partial charge in [0.15, 0.2) is 6.61 Å². The van der Waals surface area contributed by atoms with Crippen molar-refractivity contribution < 1.29 is 19.4 Å². The molecule has 3 aromatic rings. The Kier molecular flexibility index (Phi) is 8.90. The Morgan fingerprint density at radius 2 is 1.68 bits per heavy atom. The summed E-state index contributed by atoms with van der Waals surface area (Å²) in [6, 6.07) is 23.8. The van der Waals surface area contributed by atoms with Crippen molar-refractivity contribution in [3.8, 4) is 23.3 Å². The van der Waals surface area contributed by atoms with E-state index in [0.29, 0.717) is 18.1 Å². The van der Waals surface area contributed by atoms with Crippen LogP contribution < -0.4 is 9.47 Å². The summed E-state index contributed by atoms with van der Waals surface area (Å²) in [5.74, 6) is 6.57. The van der Waals surface area contributed by atoms with E-state index < -0.39 is 5.97 Å². The summed E-state index contributed by atoms with van der Waals surface area (Å²) in [7, 11) is 4.00. The lowest BCUT2D eigenvalue weighted by Gasteiger charge is -2.12. The van der Waals surface area contributed by atoms with Gasteiger partial charge < -0.3 is 14.6 Å². The number of benzene rings is 3. The molecule has 174 valence electrons. The van der Waals surface area contributed by atoms with E-state index in [-0.39, 0.29) is 6.61 Å². The monoisotopic (exact) mass is 455 g/mol. The molecule has 0 heterocycles. The molecule has 3 rings (SSSR count). The maximum atomic E-state index is 10.7. The molecule has 0 atom stereocenters. The second kappa shape index (κ2) is 12.3. The molecular formula is C29H29NO4. The van der Waals surface area contributed by atoms with Gasteiger partial charge in [0.05, 0.1) is 6.54 Å². The van der Waals surface area contributed by atoms with Crippen LogP contribution in [-0.2, 0) is 4.79 Å². The fourth-order valence-electron chi connectivity index (χ4n) is 3.29. The molecule has 3 aromatic carbocycles. The van der Waals surface area contributed by atoms with Crippen LogP contribution in [0.2, 0.25) is 0 Å². The largest absolute Gasteiger partial charge is 0.489 e. The number of rotatable bonds is 9. The van der Waals surface area contributed by atoms with Crippen molar-refractivity contribution in [2.24, 2.45) is 0 Å². The molecule has 0 aromatic heterocycles. The van der Waals surface area contributed by atoms with Crippen LogP contribution in [0.4, 0.5) is 0 Å². The third-order valence-electron chi connectivity index (χ3n) is 4.94. The Bertz CT molecular complexity index is 1190. The number of carboxylic acid groups (broad SMARTS) is 1. The number of carbonyl (C=O) groups is 1. The molecular weight excluding hydrogens is 426 g/mol. The first-order valence-corrected chi connectivity index (χ1v) is 11.0. The Morgan fingerprint density at radius 1 is 0.971 bits per heavy atom. The van der Waals surface area contributed by atoms with Crippen LogP contribution >= 0.6 is 0 Å². The minimum absolute atomic E-state index is 0.371. The van der Waals surface area contributed by atoms with Crippen molar-refractivity contribution in [3.63, 3.8) is 0 Å². The summed E-state index contributed by atoms with van der Waals surface area (Å²) >= 11 is 0. The lowest BCUT2D eigenvalue weighted by atomic mass is 9.97. The van der Waals surface area contributed by atoms with E-state index in [4.69, 9.17) is 14.6 Å². The van der Waals surface area contributed by atoms with Gasteiger partial charge in [-0.3, -0.25) is 4.90 Å². The average molecular weight is 456 g/mol. The van der Waals surface area contributed by atoms with Crippen LogP contribution in [0.3, 0.4) is 0 Å². The molecule has 0 aliphatic rings. The van der Waals surface area contributed by atoms with E-state index in [1.54, 1.807) is 12.1 Å². The maximum absolute atomic E-state index is 10.7. The van der Waals surface area contributed by atoms with E-state index in [9.17, 15) is 4.79 Å². The Morgan fingerprint density at radius 3 is 2.32 bits per heavy atom. The third-order valence-corrected chi connectivity index (χ3v) is 4.94. The van der Waals surface area contributed by atoms with Crippen LogP contribution in [0.15, 0.2) is 78.9 Å². The zero-order valence-corrected chi connectivity index (χ0v) is 19.7. The molecule has 0 bridgehead atoms. The maximum Gasteiger partial charge on any atom is 0.341 e. The number of hydrogen-bond donors (Lipinski definition) is 1. The highest BCUT2D eigenvalue weighted by Gasteiger charge is 2.07. The zero-order valence-electron chi connectivity index (χ0n) is 19.7.